The Morgan fingerprint density at radius 3 is 2.95 bits per heavy atom. The third-order valence-electron chi connectivity index (χ3n) is 3.74. The van der Waals surface area contributed by atoms with Crippen molar-refractivity contribution in [2.45, 2.75) is 26.2 Å². The molecule has 1 aliphatic rings. The largest absolute Gasteiger partial charge is 0.338 e. The van der Waals surface area contributed by atoms with Crippen molar-refractivity contribution in [1.82, 2.24) is 4.90 Å². The van der Waals surface area contributed by atoms with Gasteiger partial charge in [-0.05, 0) is 49.8 Å². The van der Waals surface area contributed by atoms with Crippen molar-refractivity contribution in [3.63, 3.8) is 0 Å². The van der Waals surface area contributed by atoms with Gasteiger partial charge < -0.3 is 4.90 Å². The van der Waals surface area contributed by atoms with Gasteiger partial charge in [-0.15, -0.1) is 11.6 Å². The fourth-order valence-electron chi connectivity index (χ4n) is 2.55. The molecule has 1 aliphatic heterocycles. The minimum Gasteiger partial charge on any atom is -0.338 e. The van der Waals surface area contributed by atoms with Crippen molar-refractivity contribution in [2.75, 3.05) is 19.0 Å². The number of hydrogen-bond donors (Lipinski definition) is 0. The molecule has 1 aromatic carbocycles. The minimum atomic E-state index is 0.0844. The van der Waals surface area contributed by atoms with Crippen molar-refractivity contribution < 1.29 is 4.79 Å². The number of halogens is 2. The molecule has 1 aromatic rings. The van der Waals surface area contributed by atoms with E-state index in [-0.39, 0.29) is 5.91 Å². The number of benzene rings is 1. The van der Waals surface area contributed by atoms with E-state index in [9.17, 15) is 4.79 Å². The SMILES string of the molecule is Cc1ccc(C(=O)N2CCCC(CCCl)C2)cc1Cl. The van der Waals surface area contributed by atoms with E-state index in [1.807, 2.05) is 24.0 Å². The molecule has 1 saturated heterocycles. The van der Waals surface area contributed by atoms with Gasteiger partial charge >= 0.3 is 0 Å². The zero-order valence-corrected chi connectivity index (χ0v) is 12.7. The summed E-state index contributed by atoms with van der Waals surface area (Å²) in [7, 11) is 0. The van der Waals surface area contributed by atoms with Crippen molar-refractivity contribution in [3.8, 4) is 0 Å². The van der Waals surface area contributed by atoms with Gasteiger partial charge in [0.1, 0.15) is 0 Å². The second-order valence-corrected chi connectivity index (χ2v) is 5.99. The molecular weight excluding hydrogens is 281 g/mol. The molecule has 1 heterocycles. The maximum Gasteiger partial charge on any atom is 0.253 e. The number of amides is 1. The fourth-order valence-corrected chi connectivity index (χ4v) is 3.04. The van der Waals surface area contributed by atoms with Gasteiger partial charge in [-0.25, -0.2) is 0 Å². The number of hydrogen-bond acceptors (Lipinski definition) is 1. The summed E-state index contributed by atoms with van der Waals surface area (Å²) in [4.78, 5) is 14.4. The maximum atomic E-state index is 12.4. The lowest BCUT2D eigenvalue weighted by atomic mass is 9.95. The first-order valence-electron chi connectivity index (χ1n) is 6.73. The van der Waals surface area contributed by atoms with E-state index in [2.05, 4.69) is 0 Å². The van der Waals surface area contributed by atoms with Gasteiger partial charge in [0, 0.05) is 29.6 Å². The van der Waals surface area contributed by atoms with Gasteiger partial charge in [0.2, 0.25) is 0 Å². The monoisotopic (exact) mass is 299 g/mol. The zero-order valence-electron chi connectivity index (χ0n) is 11.2. The second kappa shape index (κ2) is 6.62. The van der Waals surface area contributed by atoms with Crippen molar-refractivity contribution in [1.29, 1.82) is 0 Å². The van der Waals surface area contributed by atoms with Gasteiger partial charge in [0.15, 0.2) is 0 Å². The Hall–Kier alpha value is -0.730. The number of aryl methyl sites for hydroxylation is 1. The van der Waals surface area contributed by atoms with E-state index >= 15 is 0 Å². The van der Waals surface area contributed by atoms with E-state index in [4.69, 9.17) is 23.2 Å². The topological polar surface area (TPSA) is 20.3 Å². The lowest BCUT2D eigenvalue weighted by molar-refractivity contribution is 0.0671. The normalized spacial score (nSPS) is 19.5. The standard InChI is InChI=1S/C15H19Cl2NO/c1-11-4-5-13(9-14(11)17)15(19)18-8-2-3-12(10-18)6-7-16/h4-5,9,12H,2-3,6-8,10H2,1H3. The first-order chi connectivity index (χ1) is 9.11. The third-order valence-corrected chi connectivity index (χ3v) is 4.37. The Morgan fingerprint density at radius 2 is 2.26 bits per heavy atom. The number of alkyl halides is 1. The summed E-state index contributed by atoms with van der Waals surface area (Å²) in [5.74, 6) is 1.29. The smallest absolute Gasteiger partial charge is 0.253 e. The molecule has 0 radical (unpaired) electrons. The molecule has 0 bridgehead atoms. The Bertz CT molecular complexity index is 459. The van der Waals surface area contributed by atoms with Crippen LogP contribution in [0.5, 0.6) is 0 Å². The first-order valence-corrected chi connectivity index (χ1v) is 7.64. The average Bonchev–Trinajstić information content (AvgIpc) is 2.42. The summed E-state index contributed by atoms with van der Waals surface area (Å²) in [6.07, 6.45) is 3.22. The van der Waals surface area contributed by atoms with Crippen LogP contribution in [0.2, 0.25) is 5.02 Å². The molecule has 4 heteroatoms. The summed E-state index contributed by atoms with van der Waals surface area (Å²) in [6, 6.07) is 5.52. The molecule has 0 N–H and O–H groups in total. The molecule has 0 aromatic heterocycles. The van der Waals surface area contributed by atoms with E-state index in [0.29, 0.717) is 22.4 Å². The minimum absolute atomic E-state index is 0.0844. The molecule has 0 aliphatic carbocycles. The van der Waals surface area contributed by atoms with Crippen LogP contribution >= 0.6 is 23.2 Å². The van der Waals surface area contributed by atoms with Crippen LogP contribution in [0.1, 0.15) is 35.2 Å². The molecule has 104 valence electrons. The molecule has 19 heavy (non-hydrogen) atoms. The van der Waals surface area contributed by atoms with E-state index in [1.165, 1.54) is 6.42 Å². The van der Waals surface area contributed by atoms with Crippen LogP contribution in [0.3, 0.4) is 0 Å². The quantitative estimate of drug-likeness (QED) is 0.769. The van der Waals surface area contributed by atoms with Crippen LogP contribution in [0.4, 0.5) is 0 Å². The molecule has 2 rings (SSSR count). The van der Waals surface area contributed by atoms with Crippen LogP contribution in [-0.2, 0) is 0 Å². The Morgan fingerprint density at radius 1 is 1.47 bits per heavy atom. The van der Waals surface area contributed by atoms with Crippen LogP contribution < -0.4 is 0 Å². The Kier molecular flexibility index (Phi) is 5.12. The van der Waals surface area contributed by atoms with Crippen LogP contribution in [-0.4, -0.2) is 29.8 Å². The molecule has 1 fully saturated rings. The Labute approximate surface area is 124 Å². The molecule has 0 spiro atoms. The second-order valence-electron chi connectivity index (χ2n) is 5.20. The summed E-state index contributed by atoms with van der Waals surface area (Å²) >= 11 is 11.9. The van der Waals surface area contributed by atoms with Gasteiger partial charge in [-0.2, -0.15) is 0 Å². The third kappa shape index (κ3) is 3.64. The summed E-state index contributed by atoms with van der Waals surface area (Å²) in [5, 5.41) is 0.653. The molecule has 2 nitrogen and oxygen atoms in total. The Balaban J connectivity index is 2.08. The molecule has 0 saturated carbocycles. The lowest BCUT2D eigenvalue weighted by Gasteiger charge is -2.32. The fraction of sp³-hybridized carbons (Fsp3) is 0.533. The highest BCUT2D eigenvalue weighted by molar-refractivity contribution is 6.31. The lowest BCUT2D eigenvalue weighted by Crippen LogP contribution is -2.40. The van der Waals surface area contributed by atoms with E-state index in [0.717, 1.165) is 31.5 Å². The molecule has 1 amide bonds. The zero-order chi connectivity index (χ0) is 13.8. The summed E-state index contributed by atoms with van der Waals surface area (Å²) < 4.78 is 0. The van der Waals surface area contributed by atoms with Crippen LogP contribution in [0.15, 0.2) is 18.2 Å². The highest BCUT2D eigenvalue weighted by atomic mass is 35.5. The predicted molar refractivity (Wildman–Crippen MR) is 80.2 cm³/mol. The number of rotatable bonds is 3. The number of nitrogens with zero attached hydrogens (tertiary/aromatic N) is 1. The molecule has 1 unspecified atom stereocenters. The molecule has 1 atom stereocenters. The van der Waals surface area contributed by atoms with Gasteiger partial charge in [-0.1, -0.05) is 17.7 Å². The number of carbonyl (C=O) groups excluding carboxylic acids is 1. The van der Waals surface area contributed by atoms with Gasteiger partial charge in [0.25, 0.3) is 5.91 Å². The number of carbonyl (C=O) groups is 1. The summed E-state index contributed by atoms with van der Waals surface area (Å²) in [5.41, 5.74) is 1.68. The van der Waals surface area contributed by atoms with Crippen molar-refractivity contribution >= 4 is 29.1 Å². The number of likely N-dealkylation sites (tertiary alicyclic amines) is 1. The predicted octanol–water partition coefficient (Wildman–Crippen LogP) is 4.13. The van der Waals surface area contributed by atoms with Crippen molar-refractivity contribution in [3.05, 3.63) is 34.3 Å². The van der Waals surface area contributed by atoms with Gasteiger partial charge in [0.05, 0.1) is 0 Å². The average molecular weight is 300 g/mol. The highest BCUT2D eigenvalue weighted by Gasteiger charge is 2.24. The van der Waals surface area contributed by atoms with E-state index < -0.39 is 0 Å². The van der Waals surface area contributed by atoms with Crippen molar-refractivity contribution in [2.24, 2.45) is 5.92 Å². The van der Waals surface area contributed by atoms with Gasteiger partial charge in [-0.3, -0.25) is 4.79 Å². The molecular formula is C15H19Cl2NO. The first kappa shape index (κ1) is 14.7. The van der Waals surface area contributed by atoms with Crippen LogP contribution in [0, 0.1) is 12.8 Å². The van der Waals surface area contributed by atoms with E-state index in [1.54, 1.807) is 6.07 Å². The summed E-state index contributed by atoms with van der Waals surface area (Å²) in [6.45, 7) is 3.59. The van der Waals surface area contributed by atoms with Crippen LogP contribution in [0.25, 0.3) is 0 Å². The maximum absolute atomic E-state index is 12.4. The highest BCUT2D eigenvalue weighted by Crippen LogP contribution is 2.23. The number of piperidine rings is 1.